The number of amides is 1. The van der Waals surface area contributed by atoms with Gasteiger partial charge in [0.25, 0.3) is 5.91 Å². The van der Waals surface area contributed by atoms with E-state index < -0.39 is 29.4 Å². The number of hydrogen-bond donors (Lipinski definition) is 1. The van der Waals surface area contributed by atoms with Crippen LogP contribution < -0.4 is 10.1 Å². The third-order valence-corrected chi connectivity index (χ3v) is 6.56. The average molecular weight is 567 g/mol. The molecule has 0 aliphatic heterocycles. The number of nitrogens with zero attached hydrogens (tertiary/aromatic N) is 3. The van der Waals surface area contributed by atoms with Gasteiger partial charge in [-0.3, -0.25) is 9.36 Å². The van der Waals surface area contributed by atoms with Crippen LogP contribution in [0.25, 0.3) is 5.69 Å². The van der Waals surface area contributed by atoms with Gasteiger partial charge in [-0.25, -0.2) is 0 Å². The molecular weight excluding hydrogens is 546 g/mol. The molecule has 1 heterocycles. The maximum absolute atomic E-state index is 13.1. The van der Waals surface area contributed by atoms with Crippen LogP contribution in [0.15, 0.2) is 78.0 Å². The Balaban J connectivity index is 1.57. The highest BCUT2D eigenvalue weighted by atomic mass is 32.2. The Morgan fingerprint density at radius 1 is 0.846 bits per heavy atom. The summed E-state index contributed by atoms with van der Waals surface area (Å²) < 4.78 is 84.4. The average Bonchev–Trinajstić information content (AvgIpc) is 3.32. The molecule has 204 valence electrons. The minimum absolute atomic E-state index is 0.0975. The van der Waals surface area contributed by atoms with Crippen LogP contribution in [-0.4, -0.2) is 27.8 Å². The third-order valence-electron chi connectivity index (χ3n) is 5.56. The van der Waals surface area contributed by atoms with Crippen molar-refractivity contribution in [2.75, 3.05) is 7.11 Å². The quantitative estimate of drug-likeness (QED) is 0.194. The highest BCUT2D eigenvalue weighted by Gasteiger charge is 2.31. The van der Waals surface area contributed by atoms with Crippen LogP contribution in [0.3, 0.4) is 0 Å². The Hall–Kier alpha value is -4.00. The molecule has 0 spiro atoms. The van der Waals surface area contributed by atoms with E-state index in [0.717, 1.165) is 36.0 Å². The minimum atomic E-state index is -4.53. The van der Waals surface area contributed by atoms with Crippen LogP contribution in [0, 0.1) is 0 Å². The fourth-order valence-electron chi connectivity index (χ4n) is 3.51. The summed E-state index contributed by atoms with van der Waals surface area (Å²) in [7, 11) is 1.50. The summed E-state index contributed by atoms with van der Waals surface area (Å²) in [5.74, 6) is 0.614. The highest BCUT2D eigenvalue weighted by Crippen LogP contribution is 2.32. The number of methoxy groups -OCH3 is 1. The van der Waals surface area contributed by atoms with E-state index in [1.54, 1.807) is 24.3 Å². The molecule has 0 atom stereocenters. The van der Waals surface area contributed by atoms with Gasteiger partial charge in [-0.2, -0.15) is 26.3 Å². The van der Waals surface area contributed by atoms with Crippen LogP contribution in [0.4, 0.5) is 26.3 Å². The number of alkyl halides is 6. The van der Waals surface area contributed by atoms with E-state index in [1.807, 2.05) is 0 Å². The van der Waals surface area contributed by atoms with Gasteiger partial charge in [-0.1, -0.05) is 23.9 Å². The Labute approximate surface area is 223 Å². The Morgan fingerprint density at radius 3 is 1.95 bits per heavy atom. The van der Waals surface area contributed by atoms with Gasteiger partial charge >= 0.3 is 12.4 Å². The normalized spacial score (nSPS) is 11.9. The van der Waals surface area contributed by atoms with Gasteiger partial charge < -0.3 is 10.1 Å². The zero-order chi connectivity index (χ0) is 28.2. The summed E-state index contributed by atoms with van der Waals surface area (Å²) in [6.07, 6.45) is -8.99. The van der Waals surface area contributed by atoms with Crippen molar-refractivity contribution in [3.8, 4) is 11.4 Å². The first-order valence-electron chi connectivity index (χ1n) is 11.3. The summed E-state index contributed by atoms with van der Waals surface area (Å²) in [4.78, 5) is 12.6. The monoisotopic (exact) mass is 566 g/mol. The number of thioether (sulfide) groups is 1. The number of benzene rings is 3. The summed E-state index contributed by atoms with van der Waals surface area (Å²) in [6, 6.07) is 15.3. The summed E-state index contributed by atoms with van der Waals surface area (Å²) in [5, 5.41) is 11.2. The van der Waals surface area contributed by atoms with Gasteiger partial charge in [0.15, 0.2) is 11.0 Å². The van der Waals surface area contributed by atoms with Crippen LogP contribution in [-0.2, 0) is 24.7 Å². The van der Waals surface area contributed by atoms with Crippen molar-refractivity contribution >= 4 is 17.7 Å². The molecule has 0 aliphatic carbocycles. The molecule has 0 bridgehead atoms. The van der Waals surface area contributed by atoms with Gasteiger partial charge in [0, 0.05) is 17.0 Å². The Kier molecular flexibility index (Phi) is 8.19. The number of carbonyl (C=O) groups is 1. The molecular formula is C26H20F6N4O2S. The van der Waals surface area contributed by atoms with Crippen LogP contribution >= 0.6 is 11.8 Å². The van der Waals surface area contributed by atoms with Crippen molar-refractivity contribution in [3.05, 3.63) is 101 Å². The highest BCUT2D eigenvalue weighted by molar-refractivity contribution is 7.98. The van der Waals surface area contributed by atoms with E-state index in [9.17, 15) is 31.1 Å². The lowest BCUT2D eigenvalue weighted by atomic mass is 10.1. The van der Waals surface area contributed by atoms with E-state index in [4.69, 9.17) is 4.74 Å². The predicted molar refractivity (Wildman–Crippen MR) is 132 cm³/mol. The maximum Gasteiger partial charge on any atom is 0.416 e. The lowest BCUT2D eigenvalue weighted by molar-refractivity contribution is -0.138. The van der Waals surface area contributed by atoms with Crippen molar-refractivity contribution in [2.24, 2.45) is 0 Å². The molecule has 1 N–H and O–H groups in total. The molecule has 6 nitrogen and oxygen atoms in total. The van der Waals surface area contributed by atoms with Crippen LogP contribution in [0.2, 0.25) is 0 Å². The first-order valence-corrected chi connectivity index (χ1v) is 12.3. The second-order valence-electron chi connectivity index (χ2n) is 8.17. The first-order chi connectivity index (χ1) is 18.5. The molecule has 0 saturated carbocycles. The minimum Gasteiger partial charge on any atom is -0.497 e. The molecule has 0 fully saturated rings. The molecule has 0 aliphatic rings. The molecule has 4 rings (SSSR count). The molecule has 1 aromatic heterocycles. The molecule has 3 aromatic carbocycles. The van der Waals surface area contributed by atoms with Crippen LogP contribution in [0.1, 0.15) is 32.9 Å². The molecule has 0 radical (unpaired) electrons. The lowest BCUT2D eigenvalue weighted by Gasteiger charge is -2.13. The predicted octanol–water partition coefficient (Wildman–Crippen LogP) is 6.54. The van der Waals surface area contributed by atoms with Gasteiger partial charge in [-0.05, 0) is 66.2 Å². The summed E-state index contributed by atoms with van der Waals surface area (Å²) in [6.45, 7) is -0.0975. The zero-order valence-electron chi connectivity index (χ0n) is 20.2. The number of nitrogens with one attached hydrogen (secondary N) is 1. The second kappa shape index (κ2) is 11.4. The number of aromatic nitrogens is 3. The van der Waals surface area contributed by atoms with Gasteiger partial charge in [-0.15, -0.1) is 10.2 Å². The number of carbonyl (C=O) groups excluding carboxylic acids is 1. The van der Waals surface area contributed by atoms with Crippen molar-refractivity contribution in [2.45, 2.75) is 29.8 Å². The van der Waals surface area contributed by atoms with Crippen molar-refractivity contribution < 1.29 is 35.9 Å². The molecule has 39 heavy (non-hydrogen) atoms. The number of rotatable bonds is 8. The van der Waals surface area contributed by atoms with Crippen LogP contribution in [0.5, 0.6) is 5.75 Å². The van der Waals surface area contributed by atoms with E-state index >= 15 is 0 Å². The SMILES string of the molecule is COc1ccc(C(=O)NCc2nnc(SCc3ccc(C(F)(F)F)cc3)n2-c2ccc(C(F)(F)F)cc2)cc1. The van der Waals surface area contributed by atoms with Gasteiger partial charge in [0.05, 0.1) is 24.8 Å². The summed E-state index contributed by atoms with van der Waals surface area (Å²) >= 11 is 1.13. The fourth-order valence-corrected chi connectivity index (χ4v) is 4.44. The third kappa shape index (κ3) is 6.91. The zero-order valence-corrected chi connectivity index (χ0v) is 21.0. The molecule has 1 amide bonds. The topological polar surface area (TPSA) is 69.0 Å². The van der Waals surface area contributed by atoms with E-state index in [2.05, 4.69) is 15.5 Å². The van der Waals surface area contributed by atoms with Crippen molar-refractivity contribution in [1.82, 2.24) is 20.1 Å². The molecule has 13 heteroatoms. The molecule has 0 saturated heterocycles. The van der Waals surface area contributed by atoms with E-state index in [0.29, 0.717) is 22.6 Å². The smallest absolute Gasteiger partial charge is 0.416 e. The van der Waals surface area contributed by atoms with Crippen molar-refractivity contribution in [1.29, 1.82) is 0 Å². The van der Waals surface area contributed by atoms with E-state index in [-0.39, 0.29) is 23.3 Å². The van der Waals surface area contributed by atoms with Gasteiger partial charge in [0.2, 0.25) is 0 Å². The molecule has 4 aromatic rings. The maximum atomic E-state index is 13.1. The lowest BCUT2D eigenvalue weighted by Crippen LogP contribution is -2.24. The summed E-state index contributed by atoms with van der Waals surface area (Å²) in [5.41, 5.74) is -0.374. The van der Waals surface area contributed by atoms with Crippen molar-refractivity contribution in [3.63, 3.8) is 0 Å². The fraction of sp³-hybridized carbons (Fsp3) is 0.192. The standard InChI is InChI=1S/C26H20F6N4O2S/c1-38-21-12-4-17(5-13-21)23(37)33-14-22-34-35-24(36(22)20-10-8-19(9-11-20)26(30,31)32)39-15-16-2-6-18(7-3-16)25(27,28)29/h2-13H,14-15H2,1H3,(H,33,37). The Morgan fingerprint density at radius 2 is 1.41 bits per heavy atom. The van der Waals surface area contributed by atoms with E-state index in [1.165, 1.54) is 35.9 Å². The second-order valence-corrected chi connectivity index (χ2v) is 9.12. The first kappa shape index (κ1) is 28.0. The largest absolute Gasteiger partial charge is 0.497 e. The Bertz CT molecular complexity index is 1420. The van der Waals surface area contributed by atoms with Gasteiger partial charge in [0.1, 0.15) is 5.75 Å². The number of hydrogen-bond acceptors (Lipinski definition) is 5. The number of ether oxygens (including phenoxy) is 1. The molecule has 0 unspecified atom stereocenters. The number of halogens is 6.